The van der Waals surface area contributed by atoms with Crippen LogP contribution in [-0.2, 0) is 6.18 Å². The third-order valence-corrected chi connectivity index (χ3v) is 5.24. The highest BCUT2D eigenvalue weighted by molar-refractivity contribution is 7.99. The van der Waals surface area contributed by atoms with Crippen LogP contribution in [0.5, 0.6) is 0 Å². The molecule has 1 heterocycles. The maximum absolute atomic E-state index is 14.7. The van der Waals surface area contributed by atoms with E-state index in [9.17, 15) is 36.0 Å². The van der Waals surface area contributed by atoms with Gasteiger partial charge in [-0.1, -0.05) is 12.1 Å². The number of alkyl halides is 6. The van der Waals surface area contributed by atoms with Crippen molar-refractivity contribution in [2.24, 2.45) is 0 Å². The Labute approximate surface area is 175 Å². The van der Waals surface area contributed by atoms with Crippen LogP contribution in [0.3, 0.4) is 0 Å². The van der Waals surface area contributed by atoms with Gasteiger partial charge in [-0.2, -0.15) is 31.6 Å². The van der Waals surface area contributed by atoms with Crippen molar-refractivity contribution >= 4 is 11.8 Å². The van der Waals surface area contributed by atoms with Crippen LogP contribution in [0.15, 0.2) is 41.3 Å². The third-order valence-electron chi connectivity index (χ3n) is 4.01. The zero-order valence-corrected chi connectivity index (χ0v) is 16.3. The summed E-state index contributed by atoms with van der Waals surface area (Å²) in [6, 6.07) is 9.26. The second-order valence-corrected chi connectivity index (χ2v) is 7.32. The van der Waals surface area contributed by atoms with Crippen molar-refractivity contribution in [2.45, 2.75) is 24.2 Å². The largest absolute Gasteiger partial charge is 0.453 e. The Kier molecular flexibility index (Phi) is 6.00. The molecule has 31 heavy (non-hydrogen) atoms. The van der Waals surface area contributed by atoms with E-state index in [1.54, 1.807) is 0 Å². The van der Waals surface area contributed by atoms with Gasteiger partial charge < -0.3 is 0 Å². The molecule has 0 radical (unpaired) electrons. The van der Waals surface area contributed by atoms with Crippen LogP contribution < -0.4 is 0 Å². The standard InChI is InChI=1S/C19H11F7N4S/c1-10-6-13(20)14(7-15(10)31-9-18(21,22)23)30-16(28-17(29-30)19(24,25)26)12-5-3-2-4-11(12)8-27/h2-7H,9H2,1H3. The molecule has 0 bridgehead atoms. The van der Waals surface area contributed by atoms with Crippen LogP contribution in [0.25, 0.3) is 17.1 Å². The summed E-state index contributed by atoms with van der Waals surface area (Å²) < 4.78 is 92.9. The van der Waals surface area contributed by atoms with E-state index in [0.717, 1.165) is 12.1 Å². The Morgan fingerprint density at radius 2 is 1.77 bits per heavy atom. The number of aromatic nitrogens is 3. The van der Waals surface area contributed by atoms with Gasteiger partial charge in [-0.3, -0.25) is 0 Å². The summed E-state index contributed by atoms with van der Waals surface area (Å²) >= 11 is 0.365. The summed E-state index contributed by atoms with van der Waals surface area (Å²) in [6.07, 6.45) is -9.48. The van der Waals surface area contributed by atoms with E-state index in [2.05, 4.69) is 10.1 Å². The van der Waals surface area contributed by atoms with Crippen molar-refractivity contribution in [1.82, 2.24) is 14.8 Å². The first-order chi connectivity index (χ1) is 14.4. The molecule has 162 valence electrons. The minimum Gasteiger partial charge on any atom is -0.210 e. The van der Waals surface area contributed by atoms with Gasteiger partial charge in [0.05, 0.1) is 17.4 Å². The molecule has 4 nitrogen and oxygen atoms in total. The monoisotopic (exact) mass is 460 g/mol. The van der Waals surface area contributed by atoms with Gasteiger partial charge in [0, 0.05) is 10.5 Å². The quantitative estimate of drug-likeness (QED) is 0.358. The van der Waals surface area contributed by atoms with Gasteiger partial charge in [0.25, 0.3) is 5.82 Å². The fraction of sp³-hybridized carbons (Fsp3) is 0.211. The van der Waals surface area contributed by atoms with Crippen LogP contribution in [-0.4, -0.2) is 26.7 Å². The topological polar surface area (TPSA) is 54.5 Å². The molecule has 0 saturated heterocycles. The van der Waals surface area contributed by atoms with E-state index >= 15 is 0 Å². The molecule has 3 rings (SSSR count). The van der Waals surface area contributed by atoms with E-state index in [1.165, 1.54) is 31.2 Å². The van der Waals surface area contributed by atoms with Crippen LogP contribution in [0, 0.1) is 24.1 Å². The van der Waals surface area contributed by atoms with E-state index in [1.807, 2.05) is 6.07 Å². The number of hydrogen-bond acceptors (Lipinski definition) is 4. The lowest BCUT2D eigenvalue weighted by atomic mass is 10.1. The molecule has 2 aromatic carbocycles. The number of benzene rings is 2. The Morgan fingerprint density at radius 1 is 1.10 bits per heavy atom. The summed E-state index contributed by atoms with van der Waals surface area (Å²) in [7, 11) is 0. The fourth-order valence-corrected chi connectivity index (χ4v) is 3.47. The Hall–Kier alpha value is -3.07. The summed E-state index contributed by atoms with van der Waals surface area (Å²) in [6.45, 7) is 1.37. The molecule has 0 spiro atoms. The fourth-order valence-electron chi connectivity index (χ4n) is 2.67. The summed E-state index contributed by atoms with van der Waals surface area (Å²) in [5, 5.41) is 12.6. The Bertz CT molecular complexity index is 1160. The van der Waals surface area contributed by atoms with E-state index in [0.29, 0.717) is 16.4 Å². The number of aryl methyl sites for hydroxylation is 1. The third kappa shape index (κ3) is 4.99. The average molecular weight is 460 g/mol. The molecule has 3 aromatic rings. The minimum atomic E-state index is -4.98. The van der Waals surface area contributed by atoms with E-state index in [4.69, 9.17) is 0 Å². The number of nitrogens with zero attached hydrogens (tertiary/aromatic N) is 4. The van der Waals surface area contributed by atoms with Crippen molar-refractivity contribution in [2.75, 3.05) is 5.75 Å². The molecule has 0 fully saturated rings. The van der Waals surface area contributed by atoms with Crippen LogP contribution in [0.1, 0.15) is 17.0 Å². The second-order valence-electron chi connectivity index (χ2n) is 6.30. The normalized spacial score (nSPS) is 12.1. The van der Waals surface area contributed by atoms with E-state index < -0.39 is 41.3 Å². The van der Waals surface area contributed by atoms with Crippen molar-refractivity contribution in [3.05, 3.63) is 59.2 Å². The zero-order chi connectivity index (χ0) is 23.0. The second kappa shape index (κ2) is 8.22. The van der Waals surface area contributed by atoms with Gasteiger partial charge in [0.1, 0.15) is 11.5 Å². The molecule has 0 N–H and O–H groups in total. The summed E-state index contributed by atoms with van der Waals surface area (Å²) in [4.78, 5) is 3.45. The SMILES string of the molecule is Cc1cc(F)c(-n2nc(C(F)(F)F)nc2-c2ccccc2C#N)cc1SCC(F)(F)F. The van der Waals surface area contributed by atoms with Gasteiger partial charge in [0.15, 0.2) is 5.82 Å². The molecule has 0 saturated carbocycles. The van der Waals surface area contributed by atoms with Crippen LogP contribution >= 0.6 is 11.8 Å². The number of nitriles is 1. The highest BCUT2D eigenvalue weighted by atomic mass is 32.2. The number of thioether (sulfide) groups is 1. The first-order valence-electron chi connectivity index (χ1n) is 8.44. The first-order valence-corrected chi connectivity index (χ1v) is 9.43. The van der Waals surface area contributed by atoms with Gasteiger partial charge in [-0.25, -0.2) is 14.1 Å². The predicted molar refractivity (Wildman–Crippen MR) is 98.0 cm³/mol. The lowest BCUT2D eigenvalue weighted by Gasteiger charge is -2.13. The van der Waals surface area contributed by atoms with Crippen LogP contribution in [0.2, 0.25) is 0 Å². The molecule has 0 aliphatic heterocycles. The van der Waals surface area contributed by atoms with Crippen molar-refractivity contribution in [1.29, 1.82) is 5.26 Å². The maximum Gasteiger partial charge on any atom is 0.453 e. The smallest absolute Gasteiger partial charge is 0.210 e. The molecule has 0 amide bonds. The highest BCUT2D eigenvalue weighted by Crippen LogP contribution is 2.35. The summed E-state index contributed by atoms with van der Waals surface area (Å²) in [5.41, 5.74) is -0.437. The Balaban J connectivity index is 2.23. The molecule has 0 aliphatic rings. The molecular formula is C19H11F7N4S. The molecule has 1 aromatic heterocycles. The molecular weight excluding hydrogens is 449 g/mol. The highest BCUT2D eigenvalue weighted by Gasteiger charge is 2.38. The summed E-state index contributed by atoms with van der Waals surface area (Å²) in [5.74, 6) is -4.34. The number of rotatable bonds is 4. The first kappa shape index (κ1) is 22.6. The van der Waals surface area contributed by atoms with E-state index in [-0.39, 0.29) is 21.6 Å². The minimum absolute atomic E-state index is 0.0114. The van der Waals surface area contributed by atoms with Gasteiger partial charge in [0.2, 0.25) is 0 Å². The number of hydrogen-bond donors (Lipinski definition) is 0. The van der Waals surface area contributed by atoms with Crippen molar-refractivity contribution in [3.63, 3.8) is 0 Å². The van der Waals surface area contributed by atoms with Crippen LogP contribution in [0.4, 0.5) is 30.7 Å². The average Bonchev–Trinajstić information content (AvgIpc) is 3.12. The lowest BCUT2D eigenvalue weighted by Crippen LogP contribution is -2.11. The molecule has 0 atom stereocenters. The zero-order valence-electron chi connectivity index (χ0n) is 15.5. The van der Waals surface area contributed by atoms with Crippen molar-refractivity contribution in [3.8, 4) is 23.1 Å². The van der Waals surface area contributed by atoms with Gasteiger partial charge in [-0.05, 0) is 36.8 Å². The number of halogens is 7. The Morgan fingerprint density at radius 3 is 2.39 bits per heavy atom. The molecule has 12 heteroatoms. The molecule has 0 aliphatic carbocycles. The van der Waals surface area contributed by atoms with Gasteiger partial charge >= 0.3 is 12.4 Å². The van der Waals surface area contributed by atoms with Gasteiger partial charge in [-0.15, -0.1) is 16.9 Å². The molecule has 0 unspecified atom stereocenters. The maximum atomic E-state index is 14.7. The van der Waals surface area contributed by atoms with Crippen molar-refractivity contribution < 1.29 is 30.7 Å². The lowest BCUT2D eigenvalue weighted by molar-refractivity contribution is -0.144. The predicted octanol–water partition coefficient (Wildman–Crippen LogP) is 5.93.